The molecule has 0 bridgehead atoms. The highest BCUT2D eigenvalue weighted by Crippen LogP contribution is 2.14. The van der Waals surface area contributed by atoms with Crippen LogP contribution in [0.3, 0.4) is 0 Å². The molecular weight excluding hydrogens is 148 g/mol. The molecule has 0 aliphatic rings. The second-order valence-corrected chi connectivity index (χ2v) is 3.10. The van der Waals surface area contributed by atoms with Crippen LogP contribution in [0.2, 0.25) is 0 Å². The highest BCUT2D eigenvalue weighted by molar-refractivity contribution is 5.06. The predicted molar refractivity (Wildman–Crippen MR) is 50.1 cm³/mol. The lowest BCUT2D eigenvalue weighted by atomic mass is 10.1. The lowest BCUT2D eigenvalue weighted by Gasteiger charge is -2.06. The molecule has 0 aliphatic carbocycles. The quantitative estimate of drug-likeness (QED) is 0.686. The smallest absolute Gasteiger partial charge is 0.0614 e. The molecule has 66 valence electrons. The molecule has 12 heavy (non-hydrogen) atoms. The molecule has 0 radical (unpaired) electrons. The van der Waals surface area contributed by atoms with Crippen molar-refractivity contribution in [3.05, 3.63) is 23.8 Å². The fraction of sp³-hybridized carbons (Fsp3) is 0.600. The molecule has 0 N–H and O–H groups in total. The Balaban J connectivity index is 2.77. The summed E-state index contributed by atoms with van der Waals surface area (Å²) in [5, 5.41) is 0. The first kappa shape index (κ1) is 9.17. The molecule has 1 aromatic heterocycles. The van der Waals surface area contributed by atoms with E-state index in [4.69, 9.17) is 0 Å². The molecule has 0 amide bonds. The molecule has 1 unspecified atom stereocenters. The van der Waals surface area contributed by atoms with Crippen LogP contribution in [-0.2, 0) is 6.42 Å². The van der Waals surface area contributed by atoms with Gasteiger partial charge >= 0.3 is 0 Å². The van der Waals surface area contributed by atoms with Gasteiger partial charge in [0.25, 0.3) is 0 Å². The number of rotatable bonds is 3. The van der Waals surface area contributed by atoms with Crippen molar-refractivity contribution < 1.29 is 0 Å². The lowest BCUT2D eigenvalue weighted by molar-refractivity contribution is 0.699. The molecule has 0 aromatic carbocycles. The first-order chi connectivity index (χ1) is 5.77. The Morgan fingerprint density at radius 1 is 1.25 bits per heavy atom. The summed E-state index contributed by atoms with van der Waals surface area (Å²) >= 11 is 0. The number of aryl methyl sites for hydroxylation is 1. The Morgan fingerprint density at radius 2 is 2.00 bits per heavy atom. The van der Waals surface area contributed by atoms with Crippen molar-refractivity contribution in [2.45, 2.75) is 39.5 Å². The summed E-state index contributed by atoms with van der Waals surface area (Å²) in [6.45, 7) is 6.43. The summed E-state index contributed by atoms with van der Waals surface area (Å²) in [5.41, 5.74) is 2.18. The van der Waals surface area contributed by atoms with Crippen molar-refractivity contribution in [3.8, 4) is 0 Å². The van der Waals surface area contributed by atoms with E-state index in [-0.39, 0.29) is 0 Å². The first-order valence-corrected chi connectivity index (χ1v) is 4.58. The van der Waals surface area contributed by atoms with Crippen LogP contribution in [0.15, 0.2) is 12.4 Å². The van der Waals surface area contributed by atoms with Crippen molar-refractivity contribution in [3.63, 3.8) is 0 Å². The van der Waals surface area contributed by atoms with Gasteiger partial charge in [0.15, 0.2) is 0 Å². The Morgan fingerprint density at radius 3 is 2.42 bits per heavy atom. The zero-order valence-electron chi connectivity index (χ0n) is 8.04. The average Bonchev–Trinajstić information content (AvgIpc) is 2.17. The summed E-state index contributed by atoms with van der Waals surface area (Å²) in [7, 11) is 0. The SMILES string of the molecule is CCc1cnc(C(C)CC)cn1. The third kappa shape index (κ3) is 2.03. The predicted octanol–water partition coefficient (Wildman–Crippen LogP) is 2.55. The molecule has 0 saturated carbocycles. The third-order valence-electron chi connectivity index (χ3n) is 2.20. The van der Waals surface area contributed by atoms with Crippen LogP contribution in [-0.4, -0.2) is 9.97 Å². The number of hydrogen-bond acceptors (Lipinski definition) is 2. The largest absolute Gasteiger partial charge is 0.258 e. The van der Waals surface area contributed by atoms with E-state index in [9.17, 15) is 0 Å². The second kappa shape index (κ2) is 4.19. The summed E-state index contributed by atoms with van der Waals surface area (Å²) in [6, 6.07) is 0. The number of aromatic nitrogens is 2. The van der Waals surface area contributed by atoms with Gasteiger partial charge in [0, 0.05) is 12.4 Å². The van der Waals surface area contributed by atoms with E-state index in [1.807, 2.05) is 12.4 Å². The minimum absolute atomic E-state index is 0.531. The van der Waals surface area contributed by atoms with Crippen LogP contribution < -0.4 is 0 Å². The van der Waals surface area contributed by atoms with Crippen LogP contribution >= 0.6 is 0 Å². The Hall–Kier alpha value is -0.920. The summed E-state index contributed by atoms with van der Waals surface area (Å²) in [5.74, 6) is 0.531. The number of hydrogen-bond donors (Lipinski definition) is 0. The van der Waals surface area contributed by atoms with Crippen LogP contribution in [0.5, 0.6) is 0 Å². The van der Waals surface area contributed by atoms with Gasteiger partial charge in [-0.2, -0.15) is 0 Å². The molecule has 2 nitrogen and oxygen atoms in total. The molecule has 1 aromatic rings. The first-order valence-electron chi connectivity index (χ1n) is 4.58. The van der Waals surface area contributed by atoms with Crippen molar-refractivity contribution in [1.82, 2.24) is 9.97 Å². The summed E-state index contributed by atoms with van der Waals surface area (Å²) in [6.07, 6.45) is 5.86. The average molecular weight is 164 g/mol. The molecule has 2 heteroatoms. The highest BCUT2D eigenvalue weighted by Gasteiger charge is 2.03. The van der Waals surface area contributed by atoms with E-state index in [2.05, 4.69) is 30.7 Å². The maximum atomic E-state index is 4.36. The Bertz CT molecular complexity index is 228. The normalized spacial score (nSPS) is 12.9. The van der Waals surface area contributed by atoms with E-state index in [0.29, 0.717) is 5.92 Å². The lowest BCUT2D eigenvalue weighted by Crippen LogP contribution is -1.98. The van der Waals surface area contributed by atoms with Gasteiger partial charge in [-0.1, -0.05) is 20.8 Å². The minimum Gasteiger partial charge on any atom is -0.258 e. The molecule has 0 saturated heterocycles. The van der Waals surface area contributed by atoms with E-state index in [1.165, 1.54) is 0 Å². The van der Waals surface area contributed by atoms with Crippen LogP contribution in [0, 0.1) is 0 Å². The molecular formula is C10H16N2. The topological polar surface area (TPSA) is 25.8 Å². The molecule has 0 spiro atoms. The van der Waals surface area contributed by atoms with Crippen molar-refractivity contribution in [2.75, 3.05) is 0 Å². The van der Waals surface area contributed by atoms with Gasteiger partial charge in [-0.15, -0.1) is 0 Å². The van der Waals surface area contributed by atoms with Gasteiger partial charge in [0.2, 0.25) is 0 Å². The standard InChI is InChI=1S/C10H16N2/c1-4-8(3)10-7-11-9(5-2)6-12-10/h6-8H,4-5H2,1-3H3. The number of nitrogens with zero attached hydrogens (tertiary/aromatic N) is 2. The maximum Gasteiger partial charge on any atom is 0.0614 e. The zero-order valence-corrected chi connectivity index (χ0v) is 8.04. The van der Waals surface area contributed by atoms with Crippen LogP contribution in [0.1, 0.15) is 44.5 Å². The molecule has 1 rings (SSSR count). The van der Waals surface area contributed by atoms with Gasteiger partial charge in [-0.05, 0) is 18.8 Å². The van der Waals surface area contributed by atoms with E-state index < -0.39 is 0 Å². The fourth-order valence-electron chi connectivity index (χ4n) is 1.01. The van der Waals surface area contributed by atoms with E-state index in [0.717, 1.165) is 24.2 Å². The van der Waals surface area contributed by atoms with Crippen molar-refractivity contribution in [2.24, 2.45) is 0 Å². The Kier molecular flexibility index (Phi) is 3.20. The maximum absolute atomic E-state index is 4.36. The van der Waals surface area contributed by atoms with Crippen LogP contribution in [0.25, 0.3) is 0 Å². The minimum atomic E-state index is 0.531. The van der Waals surface area contributed by atoms with Gasteiger partial charge in [0.05, 0.1) is 11.4 Å². The Labute approximate surface area is 74.1 Å². The van der Waals surface area contributed by atoms with E-state index >= 15 is 0 Å². The van der Waals surface area contributed by atoms with Gasteiger partial charge in [0.1, 0.15) is 0 Å². The van der Waals surface area contributed by atoms with Crippen LogP contribution in [0.4, 0.5) is 0 Å². The monoisotopic (exact) mass is 164 g/mol. The zero-order chi connectivity index (χ0) is 8.97. The van der Waals surface area contributed by atoms with Gasteiger partial charge in [-0.25, -0.2) is 0 Å². The highest BCUT2D eigenvalue weighted by atomic mass is 14.8. The third-order valence-corrected chi connectivity index (χ3v) is 2.20. The fourth-order valence-corrected chi connectivity index (χ4v) is 1.01. The second-order valence-electron chi connectivity index (χ2n) is 3.10. The molecule has 1 atom stereocenters. The van der Waals surface area contributed by atoms with Crippen molar-refractivity contribution in [1.29, 1.82) is 0 Å². The van der Waals surface area contributed by atoms with Crippen molar-refractivity contribution >= 4 is 0 Å². The molecule has 0 aliphatic heterocycles. The molecule has 1 heterocycles. The van der Waals surface area contributed by atoms with Gasteiger partial charge < -0.3 is 0 Å². The van der Waals surface area contributed by atoms with Gasteiger partial charge in [-0.3, -0.25) is 9.97 Å². The molecule has 0 fully saturated rings. The summed E-state index contributed by atoms with van der Waals surface area (Å²) < 4.78 is 0. The summed E-state index contributed by atoms with van der Waals surface area (Å²) in [4.78, 5) is 8.66. The van der Waals surface area contributed by atoms with E-state index in [1.54, 1.807) is 0 Å².